The van der Waals surface area contributed by atoms with Crippen molar-refractivity contribution in [1.82, 2.24) is 15.1 Å². The number of carbonyl (C=O) groups is 2. The molecule has 0 atom stereocenters. The number of benzene rings is 2. The molecule has 0 radical (unpaired) electrons. The first-order chi connectivity index (χ1) is 13.0. The predicted octanol–water partition coefficient (Wildman–Crippen LogP) is 2.88. The second-order valence-electron chi connectivity index (χ2n) is 6.50. The van der Waals surface area contributed by atoms with Crippen LogP contribution in [0.2, 0.25) is 5.02 Å². The monoisotopic (exact) mass is 383 g/mol. The van der Waals surface area contributed by atoms with Gasteiger partial charge in [-0.05, 0) is 36.9 Å². The largest absolute Gasteiger partial charge is 0.335 e. The lowest BCUT2D eigenvalue weighted by molar-refractivity contribution is -0.128. The van der Waals surface area contributed by atoms with Crippen molar-refractivity contribution in [2.75, 3.05) is 33.2 Å². The Kier molecular flexibility index (Phi) is 6.27. The SMILES string of the molecule is CN1CCN(C(=O)/C(=C/c2ccccc2Cl)NC(=O)c2ccccc2)CC1. The van der Waals surface area contributed by atoms with Crippen LogP contribution in [0.1, 0.15) is 15.9 Å². The van der Waals surface area contributed by atoms with Crippen molar-refractivity contribution in [2.45, 2.75) is 0 Å². The number of rotatable bonds is 4. The van der Waals surface area contributed by atoms with Gasteiger partial charge < -0.3 is 15.1 Å². The van der Waals surface area contributed by atoms with Crippen LogP contribution < -0.4 is 5.32 Å². The minimum Gasteiger partial charge on any atom is -0.335 e. The molecule has 6 heteroatoms. The highest BCUT2D eigenvalue weighted by Gasteiger charge is 2.24. The lowest BCUT2D eigenvalue weighted by Crippen LogP contribution is -2.49. The summed E-state index contributed by atoms with van der Waals surface area (Å²) >= 11 is 6.24. The molecule has 3 rings (SSSR count). The lowest BCUT2D eigenvalue weighted by atomic mass is 10.1. The summed E-state index contributed by atoms with van der Waals surface area (Å²) in [6.07, 6.45) is 1.64. The van der Waals surface area contributed by atoms with E-state index in [1.54, 1.807) is 41.3 Å². The van der Waals surface area contributed by atoms with Crippen LogP contribution in [0.4, 0.5) is 0 Å². The van der Waals surface area contributed by atoms with Gasteiger partial charge in [0.15, 0.2) is 0 Å². The van der Waals surface area contributed by atoms with Crippen molar-refractivity contribution in [2.24, 2.45) is 0 Å². The zero-order chi connectivity index (χ0) is 19.2. The molecule has 27 heavy (non-hydrogen) atoms. The average molecular weight is 384 g/mol. The third-order valence-electron chi connectivity index (χ3n) is 4.51. The third-order valence-corrected chi connectivity index (χ3v) is 4.85. The molecule has 0 saturated carbocycles. The summed E-state index contributed by atoms with van der Waals surface area (Å²) in [6, 6.07) is 16.1. The van der Waals surface area contributed by atoms with Crippen LogP contribution in [0.15, 0.2) is 60.3 Å². The van der Waals surface area contributed by atoms with Crippen molar-refractivity contribution < 1.29 is 9.59 Å². The highest BCUT2D eigenvalue weighted by Crippen LogP contribution is 2.19. The highest BCUT2D eigenvalue weighted by atomic mass is 35.5. The molecule has 0 unspecified atom stereocenters. The molecule has 2 aromatic carbocycles. The van der Waals surface area contributed by atoms with E-state index >= 15 is 0 Å². The Morgan fingerprint density at radius 1 is 0.963 bits per heavy atom. The molecule has 2 aromatic rings. The number of hydrogen-bond donors (Lipinski definition) is 1. The Morgan fingerprint density at radius 2 is 1.59 bits per heavy atom. The normalized spacial score (nSPS) is 15.5. The molecular weight excluding hydrogens is 362 g/mol. The van der Waals surface area contributed by atoms with Crippen molar-refractivity contribution in [3.05, 3.63) is 76.4 Å². The second-order valence-corrected chi connectivity index (χ2v) is 6.90. The van der Waals surface area contributed by atoms with Crippen molar-refractivity contribution in [3.63, 3.8) is 0 Å². The van der Waals surface area contributed by atoms with Crippen molar-refractivity contribution >= 4 is 29.5 Å². The molecule has 0 aromatic heterocycles. The van der Waals surface area contributed by atoms with E-state index in [1.165, 1.54) is 0 Å². The minimum absolute atomic E-state index is 0.202. The molecule has 1 aliphatic rings. The number of halogens is 1. The number of carbonyl (C=O) groups excluding carboxylic acids is 2. The van der Waals surface area contributed by atoms with Gasteiger partial charge in [-0.25, -0.2) is 0 Å². The van der Waals surface area contributed by atoms with Gasteiger partial charge in [-0.2, -0.15) is 0 Å². The van der Waals surface area contributed by atoms with E-state index in [1.807, 2.05) is 31.3 Å². The van der Waals surface area contributed by atoms with Gasteiger partial charge in [0.25, 0.3) is 11.8 Å². The minimum atomic E-state index is -0.323. The van der Waals surface area contributed by atoms with Crippen LogP contribution in [-0.4, -0.2) is 54.8 Å². The van der Waals surface area contributed by atoms with Gasteiger partial charge in [-0.15, -0.1) is 0 Å². The van der Waals surface area contributed by atoms with Crippen LogP contribution in [0.3, 0.4) is 0 Å². The Bertz CT molecular complexity index is 844. The molecule has 1 heterocycles. The average Bonchev–Trinajstić information content (AvgIpc) is 2.69. The van der Waals surface area contributed by atoms with Gasteiger partial charge in [-0.1, -0.05) is 48.0 Å². The number of nitrogens with one attached hydrogen (secondary N) is 1. The summed E-state index contributed by atoms with van der Waals surface area (Å²) in [5.74, 6) is -0.524. The van der Waals surface area contributed by atoms with Crippen LogP contribution in [-0.2, 0) is 4.79 Å². The summed E-state index contributed by atoms with van der Waals surface area (Å²) in [5.41, 5.74) is 1.40. The molecular formula is C21H22ClN3O2. The lowest BCUT2D eigenvalue weighted by Gasteiger charge is -2.33. The zero-order valence-corrected chi connectivity index (χ0v) is 15.9. The van der Waals surface area contributed by atoms with E-state index < -0.39 is 0 Å². The molecule has 2 amide bonds. The van der Waals surface area contributed by atoms with Gasteiger partial charge in [-0.3, -0.25) is 9.59 Å². The summed E-state index contributed by atoms with van der Waals surface area (Å²) < 4.78 is 0. The number of hydrogen-bond acceptors (Lipinski definition) is 3. The van der Waals surface area contributed by atoms with Crippen molar-refractivity contribution in [3.8, 4) is 0 Å². The summed E-state index contributed by atoms with van der Waals surface area (Å²) in [6.45, 7) is 2.85. The fourth-order valence-corrected chi connectivity index (χ4v) is 3.05. The second kappa shape index (κ2) is 8.84. The molecule has 5 nitrogen and oxygen atoms in total. The van der Waals surface area contributed by atoms with Gasteiger partial charge in [0.2, 0.25) is 0 Å². The van der Waals surface area contributed by atoms with E-state index in [0.29, 0.717) is 29.2 Å². The maximum Gasteiger partial charge on any atom is 0.270 e. The van der Waals surface area contributed by atoms with Gasteiger partial charge in [0, 0.05) is 36.8 Å². The molecule has 0 bridgehead atoms. The van der Waals surface area contributed by atoms with E-state index in [9.17, 15) is 9.59 Å². The van der Waals surface area contributed by atoms with Crippen LogP contribution in [0.5, 0.6) is 0 Å². The first kappa shape index (κ1) is 19.1. The van der Waals surface area contributed by atoms with Crippen LogP contribution in [0.25, 0.3) is 6.08 Å². The van der Waals surface area contributed by atoms with E-state index in [0.717, 1.165) is 13.1 Å². The van der Waals surface area contributed by atoms with Crippen molar-refractivity contribution in [1.29, 1.82) is 0 Å². The number of amides is 2. The predicted molar refractivity (Wildman–Crippen MR) is 107 cm³/mol. The number of piperazine rings is 1. The van der Waals surface area contributed by atoms with Crippen LogP contribution in [0, 0.1) is 0 Å². The molecule has 1 saturated heterocycles. The first-order valence-electron chi connectivity index (χ1n) is 8.85. The topological polar surface area (TPSA) is 52.6 Å². The maximum atomic E-state index is 13.1. The standard InChI is InChI=1S/C21H22ClN3O2/c1-24-11-13-25(14-12-24)21(27)19(15-17-9-5-6-10-18(17)22)23-20(26)16-7-3-2-4-8-16/h2-10,15H,11-14H2,1H3,(H,23,26)/b19-15-. The molecule has 140 valence electrons. The smallest absolute Gasteiger partial charge is 0.270 e. The van der Waals surface area contributed by atoms with E-state index in [4.69, 9.17) is 11.6 Å². The first-order valence-corrected chi connectivity index (χ1v) is 9.23. The molecule has 1 aliphatic heterocycles. The number of likely N-dealkylation sites (N-methyl/N-ethyl adjacent to an activating group) is 1. The Morgan fingerprint density at radius 3 is 2.26 bits per heavy atom. The molecule has 1 N–H and O–H groups in total. The zero-order valence-electron chi connectivity index (χ0n) is 15.2. The molecule has 0 spiro atoms. The summed E-state index contributed by atoms with van der Waals surface area (Å²) in [7, 11) is 2.03. The van der Waals surface area contributed by atoms with Gasteiger partial charge in [0.05, 0.1) is 0 Å². The highest BCUT2D eigenvalue weighted by molar-refractivity contribution is 6.32. The molecule has 0 aliphatic carbocycles. The Balaban J connectivity index is 1.88. The summed E-state index contributed by atoms with van der Waals surface area (Å²) in [4.78, 5) is 29.6. The van der Waals surface area contributed by atoms with Crippen LogP contribution >= 0.6 is 11.6 Å². The Labute approximate surface area is 164 Å². The van der Waals surface area contributed by atoms with Gasteiger partial charge in [0.1, 0.15) is 5.70 Å². The molecule has 1 fully saturated rings. The quantitative estimate of drug-likeness (QED) is 0.826. The number of nitrogens with zero attached hydrogens (tertiary/aromatic N) is 2. The van der Waals surface area contributed by atoms with E-state index in [-0.39, 0.29) is 17.5 Å². The third kappa shape index (κ3) is 4.96. The Hall–Kier alpha value is -2.63. The fourth-order valence-electron chi connectivity index (χ4n) is 2.86. The maximum absolute atomic E-state index is 13.1. The fraction of sp³-hybridized carbons (Fsp3) is 0.238. The van der Waals surface area contributed by atoms with Gasteiger partial charge >= 0.3 is 0 Å². The summed E-state index contributed by atoms with van der Waals surface area (Å²) in [5, 5.41) is 3.30. The van der Waals surface area contributed by atoms with E-state index in [2.05, 4.69) is 10.2 Å².